The van der Waals surface area contributed by atoms with Gasteiger partial charge in [0.05, 0.1) is 21.8 Å². The van der Waals surface area contributed by atoms with Crippen LogP contribution in [0.15, 0.2) is 51.7 Å². The first-order chi connectivity index (χ1) is 12.5. The highest BCUT2D eigenvalue weighted by molar-refractivity contribution is 7.80. The van der Waals surface area contributed by atoms with Gasteiger partial charge in [-0.2, -0.15) is 5.10 Å². The molecule has 1 aromatic heterocycles. The van der Waals surface area contributed by atoms with Gasteiger partial charge in [0.25, 0.3) is 0 Å². The van der Waals surface area contributed by atoms with Crippen molar-refractivity contribution in [1.29, 1.82) is 0 Å². The summed E-state index contributed by atoms with van der Waals surface area (Å²) in [6, 6.07) is 10.8. The number of halogens is 2. The number of hydrogen-bond donors (Lipinski definition) is 3. The van der Waals surface area contributed by atoms with Crippen LogP contribution in [0.5, 0.6) is 5.88 Å². The zero-order valence-electron chi connectivity index (χ0n) is 13.5. The van der Waals surface area contributed by atoms with Gasteiger partial charge in [-0.05, 0) is 43.4 Å². The van der Waals surface area contributed by atoms with E-state index in [1.54, 1.807) is 18.2 Å². The number of aromatic amines is 1. The Hall–Kier alpha value is -2.48. The maximum Gasteiger partial charge on any atom is 0.234 e. The normalized spacial score (nSPS) is 11.7. The number of thiocarbonyl (C=S) groups is 1. The molecule has 0 atom stereocenters. The van der Waals surface area contributed by atoms with Crippen LogP contribution in [0.1, 0.15) is 11.1 Å². The maximum absolute atomic E-state index is 9.99. The number of hydrazone groups is 1. The van der Waals surface area contributed by atoms with Crippen LogP contribution in [-0.4, -0.2) is 21.4 Å². The van der Waals surface area contributed by atoms with Gasteiger partial charge in [0, 0.05) is 10.9 Å². The minimum absolute atomic E-state index is 0.0193. The molecule has 3 N–H and O–H groups in total. The highest BCUT2D eigenvalue weighted by atomic mass is 35.5. The fraction of sp³-hybridized carbons (Fsp3) is 0.0588. The van der Waals surface area contributed by atoms with E-state index in [9.17, 15) is 5.11 Å². The van der Waals surface area contributed by atoms with Gasteiger partial charge >= 0.3 is 0 Å². The number of hydrogen-bond acceptors (Lipinski definition) is 4. The Labute approximate surface area is 164 Å². The Kier molecular flexibility index (Phi) is 5.51. The topological polar surface area (TPSA) is 85.1 Å². The second kappa shape index (κ2) is 7.82. The third-order valence-corrected chi connectivity index (χ3v) is 4.33. The average Bonchev–Trinajstić information content (AvgIpc) is 2.90. The van der Waals surface area contributed by atoms with Crippen LogP contribution in [0.4, 0.5) is 5.69 Å². The van der Waals surface area contributed by atoms with Crippen molar-refractivity contribution in [3.8, 4) is 5.88 Å². The molecule has 1 heterocycles. The smallest absolute Gasteiger partial charge is 0.234 e. The molecule has 0 radical (unpaired) electrons. The standard InChI is InChI=1S/C17H13Cl2N5OS/c1-9-5-6-14-10(7-9)15(16(25)21-14)22-24-17(26)23-20-8-11-12(18)3-2-4-13(11)19/h2-8,21,25H,1H3,(H,23,26)/b20-8+,24-22?. The van der Waals surface area contributed by atoms with Crippen LogP contribution in [0.25, 0.3) is 10.9 Å². The zero-order valence-corrected chi connectivity index (χ0v) is 15.8. The van der Waals surface area contributed by atoms with E-state index >= 15 is 0 Å². The van der Waals surface area contributed by atoms with Crippen LogP contribution in [-0.2, 0) is 0 Å². The number of aromatic nitrogens is 1. The Morgan fingerprint density at radius 1 is 1.23 bits per heavy atom. The van der Waals surface area contributed by atoms with E-state index in [0.717, 1.165) is 16.5 Å². The second-order valence-electron chi connectivity index (χ2n) is 5.38. The average molecular weight is 406 g/mol. The molecule has 3 aromatic rings. The van der Waals surface area contributed by atoms with Crippen molar-refractivity contribution >= 4 is 63.3 Å². The predicted molar refractivity (Wildman–Crippen MR) is 109 cm³/mol. The number of benzene rings is 2. The predicted octanol–water partition coefficient (Wildman–Crippen LogP) is 5.48. The first-order valence-electron chi connectivity index (χ1n) is 7.46. The number of aryl methyl sites for hydroxylation is 1. The minimum Gasteiger partial charge on any atom is -0.493 e. The van der Waals surface area contributed by atoms with E-state index in [2.05, 4.69) is 25.7 Å². The minimum atomic E-state index is -0.0801. The summed E-state index contributed by atoms with van der Waals surface area (Å²) in [4.78, 5) is 2.83. The molecular weight excluding hydrogens is 393 g/mol. The summed E-state index contributed by atoms with van der Waals surface area (Å²) in [5.74, 6) is -0.0801. The van der Waals surface area contributed by atoms with Gasteiger partial charge in [0.2, 0.25) is 11.0 Å². The summed E-state index contributed by atoms with van der Waals surface area (Å²) in [6.07, 6.45) is 1.44. The Morgan fingerprint density at radius 2 is 1.96 bits per heavy atom. The third kappa shape index (κ3) is 4.01. The van der Waals surface area contributed by atoms with Crippen molar-refractivity contribution in [1.82, 2.24) is 10.4 Å². The highest BCUT2D eigenvalue weighted by Gasteiger charge is 2.10. The number of H-pyrrole nitrogens is 1. The first kappa shape index (κ1) is 18.3. The lowest BCUT2D eigenvalue weighted by atomic mass is 10.2. The summed E-state index contributed by atoms with van der Waals surface area (Å²) >= 11 is 17.2. The molecule has 6 nitrogen and oxygen atoms in total. The van der Waals surface area contributed by atoms with Gasteiger partial charge in [0.15, 0.2) is 5.69 Å². The molecule has 0 amide bonds. The summed E-state index contributed by atoms with van der Waals surface area (Å²) in [7, 11) is 0. The van der Waals surface area contributed by atoms with Gasteiger partial charge in [-0.15, -0.1) is 10.2 Å². The lowest BCUT2D eigenvalue weighted by Gasteiger charge is -2.00. The summed E-state index contributed by atoms with van der Waals surface area (Å²) in [6.45, 7) is 1.95. The molecule has 2 aromatic carbocycles. The van der Waals surface area contributed by atoms with Crippen molar-refractivity contribution in [3.63, 3.8) is 0 Å². The SMILES string of the molecule is Cc1ccc2[nH]c(O)c(N=NC(=S)N/N=C/c3c(Cl)cccc3Cl)c2c1. The van der Waals surface area contributed by atoms with E-state index in [4.69, 9.17) is 35.4 Å². The number of fused-ring (bicyclic) bond motifs is 1. The molecule has 0 aliphatic carbocycles. The fourth-order valence-electron chi connectivity index (χ4n) is 2.28. The molecular formula is C17H13Cl2N5OS. The Bertz CT molecular complexity index is 1020. The number of rotatable bonds is 3. The molecule has 0 spiro atoms. The summed E-state index contributed by atoms with van der Waals surface area (Å²) in [5.41, 5.74) is 5.23. The summed E-state index contributed by atoms with van der Waals surface area (Å²) in [5, 5.41) is 23.5. The zero-order chi connectivity index (χ0) is 18.7. The molecule has 0 saturated heterocycles. The molecule has 3 rings (SSSR count). The van der Waals surface area contributed by atoms with Crippen molar-refractivity contribution in [3.05, 3.63) is 57.6 Å². The van der Waals surface area contributed by atoms with E-state index in [1.807, 2.05) is 25.1 Å². The molecule has 0 aliphatic rings. The van der Waals surface area contributed by atoms with E-state index in [-0.39, 0.29) is 11.0 Å². The quantitative estimate of drug-likeness (QED) is 0.233. The highest BCUT2D eigenvalue weighted by Crippen LogP contribution is 2.35. The number of aromatic hydroxyl groups is 1. The monoisotopic (exact) mass is 405 g/mol. The molecule has 132 valence electrons. The molecule has 0 saturated carbocycles. The van der Waals surface area contributed by atoms with Gasteiger partial charge in [-0.3, -0.25) is 5.43 Å². The summed E-state index contributed by atoms with van der Waals surface area (Å²) < 4.78 is 0. The lowest BCUT2D eigenvalue weighted by Crippen LogP contribution is -2.11. The van der Waals surface area contributed by atoms with Gasteiger partial charge in [-0.1, -0.05) is 40.9 Å². The molecule has 9 heteroatoms. The molecule has 0 bridgehead atoms. The van der Waals surface area contributed by atoms with Crippen LogP contribution in [0, 0.1) is 6.92 Å². The van der Waals surface area contributed by atoms with Gasteiger partial charge in [0.1, 0.15) is 0 Å². The second-order valence-corrected chi connectivity index (χ2v) is 6.58. The van der Waals surface area contributed by atoms with E-state index in [0.29, 0.717) is 21.3 Å². The van der Waals surface area contributed by atoms with Crippen LogP contribution >= 0.6 is 35.4 Å². The molecule has 0 unspecified atom stereocenters. The van der Waals surface area contributed by atoms with E-state index < -0.39 is 0 Å². The first-order valence-corrected chi connectivity index (χ1v) is 8.62. The molecule has 26 heavy (non-hydrogen) atoms. The van der Waals surface area contributed by atoms with Crippen LogP contribution in [0.2, 0.25) is 10.0 Å². The van der Waals surface area contributed by atoms with Crippen molar-refractivity contribution in [2.45, 2.75) is 6.92 Å². The fourth-order valence-corrected chi connectivity index (χ4v) is 2.87. The molecule has 0 fully saturated rings. The van der Waals surface area contributed by atoms with Crippen LogP contribution < -0.4 is 5.43 Å². The van der Waals surface area contributed by atoms with Crippen molar-refractivity contribution in [2.75, 3.05) is 0 Å². The van der Waals surface area contributed by atoms with Gasteiger partial charge in [-0.25, -0.2) is 0 Å². The van der Waals surface area contributed by atoms with E-state index in [1.165, 1.54) is 6.21 Å². The van der Waals surface area contributed by atoms with Gasteiger partial charge < -0.3 is 10.1 Å². The Morgan fingerprint density at radius 3 is 2.69 bits per heavy atom. The third-order valence-electron chi connectivity index (χ3n) is 3.50. The number of nitrogens with zero attached hydrogens (tertiary/aromatic N) is 3. The maximum atomic E-state index is 9.99. The molecule has 0 aliphatic heterocycles. The van der Waals surface area contributed by atoms with Crippen molar-refractivity contribution < 1.29 is 5.11 Å². The lowest BCUT2D eigenvalue weighted by molar-refractivity contribution is 0.459. The number of nitrogens with one attached hydrogen (secondary N) is 2. The largest absolute Gasteiger partial charge is 0.493 e. The number of azo groups is 1. The Balaban J connectivity index is 1.73. The van der Waals surface area contributed by atoms with Crippen LogP contribution in [0.3, 0.4) is 0 Å². The van der Waals surface area contributed by atoms with Crippen molar-refractivity contribution in [2.24, 2.45) is 15.3 Å².